The number of aromatic amines is 1. The van der Waals surface area contributed by atoms with Gasteiger partial charge in [0.25, 0.3) is 6.01 Å². The molecule has 4 aromatic rings. The number of halogens is 1. The molecule has 8 nitrogen and oxygen atoms in total. The maximum Gasteiger partial charge on any atom is 0.295 e. The van der Waals surface area contributed by atoms with Gasteiger partial charge >= 0.3 is 0 Å². The highest BCUT2D eigenvalue weighted by Gasteiger charge is 2.43. The molecular formula is C23H20ClN5O3. The van der Waals surface area contributed by atoms with Crippen molar-refractivity contribution < 1.29 is 14.2 Å². The van der Waals surface area contributed by atoms with E-state index in [9.17, 15) is 0 Å². The molecule has 2 fully saturated rings. The second-order valence-corrected chi connectivity index (χ2v) is 8.36. The Morgan fingerprint density at radius 2 is 1.91 bits per heavy atom. The zero-order valence-electron chi connectivity index (χ0n) is 17.0. The minimum atomic E-state index is -0.166. The van der Waals surface area contributed by atoms with Crippen LogP contribution in [0, 0.1) is 0 Å². The Kier molecular flexibility index (Phi) is 4.71. The summed E-state index contributed by atoms with van der Waals surface area (Å²) < 4.78 is 17.6. The fraction of sp³-hybridized carbons (Fsp3) is 0.261. The van der Waals surface area contributed by atoms with Gasteiger partial charge in [0.15, 0.2) is 6.10 Å². The largest absolute Gasteiger partial charge is 0.456 e. The van der Waals surface area contributed by atoms with E-state index in [0.717, 1.165) is 39.8 Å². The van der Waals surface area contributed by atoms with Crippen molar-refractivity contribution >= 4 is 28.5 Å². The van der Waals surface area contributed by atoms with E-state index in [1.807, 2.05) is 36.4 Å². The lowest BCUT2D eigenvalue weighted by Crippen LogP contribution is -2.32. The van der Waals surface area contributed by atoms with Gasteiger partial charge in [-0.2, -0.15) is 4.98 Å². The predicted molar refractivity (Wildman–Crippen MR) is 120 cm³/mol. The molecule has 2 aliphatic rings. The van der Waals surface area contributed by atoms with Gasteiger partial charge in [0.05, 0.1) is 46.9 Å². The van der Waals surface area contributed by atoms with Crippen LogP contribution in [0.5, 0.6) is 6.01 Å². The molecule has 0 bridgehead atoms. The molecule has 2 aromatic carbocycles. The van der Waals surface area contributed by atoms with E-state index in [-0.39, 0.29) is 18.3 Å². The molecule has 0 spiro atoms. The summed E-state index contributed by atoms with van der Waals surface area (Å²) in [5, 5.41) is 0.618. The van der Waals surface area contributed by atoms with Gasteiger partial charge in [-0.3, -0.25) is 4.98 Å². The van der Waals surface area contributed by atoms with Gasteiger partial charge in [-0.15, -0.1) is 0 Å². The Bertz CT molecular complexity index is 1290. The summed E-state index contributed by atoms with van der Waals surface area (Å²) in [6.45, 7) is 1.21. The zero-order chi connectivity index (χ0) is 21.7. The number of imidazole rings is 1. The van der Waals surface area contributed by atoms with Crippen molar-refractivity contribution in [1.29, 1.82) is 0 Å². The van der Waals surface area contributed by atoms with E-state index in [0.29, 0.717) is 30.1 Å². The Balaban J connectivity index is 1.27. The van der Waals surface area contributed by atoms with Gasteiger partial charge in [-0.25, -0.2) is 4.98 Å². The summed E-state index contributed by atoms with van der Waals surface area (Å²) in [6.07, 6.45) is 4.03. The second-order valence-electron chi connectivity index (χ2n) is 7.95. The molecule has 0 aliphatic carbocycles. The number of hydrogen-bond donors (Lipinski definition) is 2. The lowest BCUT2D eigenvalue weighted by atomic mass is 10.0. The number of fused-ring (bicyclic) bond motifs is 2. The molecule has 3 atom stereocenters. The van der Waals surface area contributed by atoms with Gasteiger partial charge in [-0.1, -0.05) is 35.9 Å². The average molecular weight is 450 g/mol. The van der Waals surface area contributed by atoms with E-state index < -0.39 is 0 Å². The quantitative estimate of drug-likeness (QED) is 0.487. The first-order valence-corrected chi connectivity index (χ1v) is 10.8. The Morgan fingerprint density at radius 1 is 1.06 bits per heavy atom. The Labute approximate surface area is 188 Å². The summed E-state index contributed by atoms with van der Waals surface area (Å²) >= 11 is 6.60. The lowest BCUT2D eigenvalue weighted by Gasteiger charge is -2.15. The van der Waals surface area contributed by atoms with Crippen LogP contribution in [0.15, 0.2) is 48.8 Å². The van der Waals surface area contributed by atoms with Crippen LogP contribution >= 0.6 is 11.6 Å². The summed E-state index contributed by atoms with van der Waals surface area (Å²) in [5.41, 5.74) is 10.8. The van der Waals surface area contributed by atoms with E-state index >= 15 is 0 Å². The first-order valence-electron chi connectivity index (χ1n) is 10.4. The van der Waals surface area contributed by atoms with Crippen molar-refractivity contribution in [3.63, 3.8) is 0 Å². The number of anilines is 1. The van der Waals surface area contributed by atoms with Crippen molar-refractivity contribution in [3.8, 4) is 28.4 Å². The van der Waals surface area contributed by atoms with Gasteiger partial charge < -0.3 is 24.9 Å². The average Bonchev–Trinajstić information content (AvgIpc) is 3.50. The molecule has 4 heterocycles. The van der Waals surface area contributed by atoms with Crippen molar-refractivity contribution in [2.45, 2.75) is 24.7 Å². The first-order chi connectivity index (χ1) is 15.6. The number of ether oxygens (including phenoxy) is 3. The number of H-pyrrole nitrogens is 1. The number of aromatic nitrogens is 4. The molecule has 2 aromatic heterocycles. The van der Waals surface area contributed by atoms with Crippen LogP contribution in [0.1, 0.15) is 6.42 Å². The molecule has 0 saturated carbocycles. The summed E-state index contributed by atoms with van der Waals surface area (Å²) in [7, 11) is 0. The van der Waals surface area contributed by atoms with Crippen LogP contribution in [0.2, 0.25) is 5.02 Å². The molecule has 0 amide bonds. The van der Waals surface area contributed by atoms with Crippen LogP contribution in [-0.4, -0.2) is 51.5 Å². The monoisotopic (exact) mass is 449 g/mol. The Hall–Kier alpha value is -3.20. The molecule has 9 heteroatoms. The molecular weight excluding hydrogens is 430 g/mol. The smallest absolute Gasteiger partial charge is 0.295 e. The lowest BCUT2D eigenvalue weighted by molar-refractivity contribution is 0.0273. The first kappa shape index (κ1) is 19.5. The minimum Gasteiger partial charge on any atom is -0.456 e. The maximum atomic E-state index is 6.60. The molecule has 3 N–H and O–H groups in total. The minimum absolute atomic E-state index is 0.0365. The predicted octanol–water partition coefficient (Wildman–Crippen LogP) is 3.86. The maximum absolute atomic E-state index is 6.60. The van der Waals surface area contributed by atoms with E-state index in [1.54, 1.807) is 6.20 Å². The topological polar surface area (TPSA) is 108 Å². The normalized spacial score (nSPS) is 22.3. The third-order valence-corrected chi connectivity index (χ3v) is 6.19. The van der Waals surface area contributed by atoms with Gasteiger partial charge in [-0.05, 0) is 24.1 Å². The molecule has 6 rings (SSSR count). The van der Waals surface area contributed by atoms with Crippen LogP contribution < -0.4 is 10.5 Å². The number of nitrogen functional groups attached to an aromatic ring is 1. The van der Waals surface area contributed by atoms with Crippen LogP contribution in [0.25, 0.3) is 33.4 Å². The number of nitrogens with one attached hydrogen (secondary N) is 1. The fourth-order valence-corrected chi connectivity index (χ4v) is 4.57. The molecule has 162 valence electrons. The van der Waals surface area contributed by atoms with E-state index in [4.69, 9.17) is 31.5 Å². The van der Waals surface area contributed by atoms with Crippen molar-refractivity contribution in [3.05, 3.63) is 53.8 Å². The SMILES string of the molecule is Nc1cncc(-c2ccc(-c3cc4nc(OC5COC6CCOC65)[nH]c4cc3Cl)cc2)n1. The van der Waals surface area contributed by atoms with Crippen LogP contribution in [0.3, 0.4) is 0 Å². The molecule has 3 unspecified atom stereocenters. The highest BCUT2D eigenvalue weighted by Crippen LogP contribution is 2.34. The summed E-state index contributed by atoms with van der Waals surface area (Å²) in [4.78, 5) is 16.2. The third-order valence-electron chi connectivity index (χ3n) is 5.88. The zero-order valence-corrected chi connectivity index (χ0v) is 17.7. The molecule has 2 saturated heterocycles. The van der Waals surface area contributed by atoms with Gasteiger partial charge in [0.2, 0.25) is 0 Å². The summed E-state index contributed by atoms with van der Waals surface area (Å²) in [6, 6.07) is 12.2. The van der Waals surface area contributed by atoms with Crippen LogP contribution in [0.4, 0.5) is 5.82 Å². The molecule has 0 radical (unpaired) electrons. The Morgan fingerprint density at radius 3 is 2.75 bits per heavy atom. The van der Waals surface area contributed by atoms with E-state index in [1.165, 1.54) is 6.20 Å². The van der Waals surface area contributed by atoms with E-state index in [2.05, 4.69) is 19.9 Å². The fourth-order valence-electron chi connectivity index (χ4n) is 4.30. The number of nitrogens with two attached hydrogens (primary N) is 1. The number of hydrogen-bond acceptors (Lipinski definition) is 7. The number of benzene rings is 2. The van der Waals surface area contributed by atoms with Gasteiger partial charge in [0, 0.05) is 17.7 Å². The van der Waals surface area contributed by atoms with Crippen molar-refractivity contribution in [2.75, 3.05) is 18.9 Å². The third kappa shape index (κ3) is 3.46. The molecule has 32 heavy (non-hydrogen) atoms. The number of nitrogens with zero attached hydrogens (tertiary/aromatic N) is 3. The molecule has 2 aliphatic heterocycles. The van der Waals surface area contributed by atoms with Gasteiger partial charge in [0.1, 0.15) is 11.9 Å². The van der Waals surface area contributed by atoms with Crippen LogP contribution in [-0.2, 0) is 9.47 Å². The van der Waals surface area contributed by atoms with Crippen molar-refractivity contribution in [1.82, 2.24) is 19.9 Å². The standard InChI is InChI=1S/C23H20ClN5O3/c24-15-8-17-16(28-23(29-17)32-20-11-31-19-5-6-30-22(19)20)7-14(15)12-1-3-13(4-2-12)18-9-26-10-21(25)27-18/h1-4,7-10,19-20,22H,5-6,11H2,(H2,25,27)(H,28,29). The summed E-state index contributed by atoms with van der Waals surface area (Å²) in [5.74, 6) is 0.385. The highest BCUT2D eigenvalue weighted by molar-refractivity contribution is 6.34. The van der Waals surface area contributed by atoms with Crippen molar-refractivity contribution in [2.24, 2.45) is 0 Å². The number of rotatable bonds is 4. The second kappa shape index (κ2) is 7.74. The highest BCUT2D eigenvalue weighted by atomic mass is 35.5.